The Balaban J connectivity index is 2.33. The summed E-state index contributed by atoms with van der Waals surface area (Å²) in [4.78, 5) is 12.8. The standard InChI is InChI=1S/C15H22N4OS/c1-4-12(16-5-2)11-9-7-8-10-13(11)21-15-18-17-14(20)19(15)6-3/h7-10,12,16H,4-6H2,1-3H3,(H,17,20). The number of nitrogens with one attached hydrogen (secondary N) is 2. The molecule has 1 aromatic carbocycles. The normalized spacial score (nSPS) is 12.5. The van der Waals surface area contributed by atoms with E-state index in [0.717, 1.165) is 17.9 Å². The third-order valence-corrected chi connectivity index (χ3v) is 4.48. The van der Waals surface area contributed by atoms with Crippen molar-refractivity contribution >= 4 is 11.8 Å². The second-order valence-corrected chi connectivity index (χ2v) is 5.72. The summed E-state index contributed by atoms with van der Waals surface area (Å²) in [6.45, 7) is 7.77. The third-order valence-electron chi connectivity index (χ3n) is 3.39. The van der Waals surface area contributed by atoms with Crippen LogP contribution in [0.4, 0.5) is 0 Å². The maximum absolute atomic E-state index is 11.7. The van der Waals surface area contributed by atoms with E-state index in [-0.39, 0.29) is 5.69 Å². The molecule has 0 fully saturated rings. The first-order valence-electron chi connectivity index (χ1n) is 7.36. The van der Waals surface area contributed by atoms with E-state index in [2.05, 4.69) is 47.6 Å². The lowest BCUT2D eigenvalue weighted by atomic mass is 10.0. The average molecular weight is 306 g/mol. The fraction of sp³-hybridized carbons (Fsp3) is 0.467. The first-order chi connectivity index (χ1) is 10.2. The van der Waals surface area contributed by atoms with Gasteiger partial charge >= 0.3 is 5.69 Å². The van der Waals surface area contributed by atoms with Crippen molar-refractivity contribution in [3.63, 3.8) is 0 Å². The maximum Gasteiger partial charge on any atom is 0.343 e. The molecular weight excluding hydrogens is 284 g/mol. The second kappa shape index (κ2) is 7.47. The highest BCUT2D eigenvalue weighted by atomic mass is 32.2. The van der Waals surface area contributed by atoms with Gasteiger partial charge in [-0.05, 0) is 43.3 Å². The molecular formula is C15H22N4OS. The van der Waals surface area contributed by atoms with Crippen molar-refractivity contribution in [2.45, 2.75) is 49.8 Å². The van der Waals surface area contributed by atoms with Gasteiger partial charge in [-0.1, -0.05) is 32.0 Å². The fourth-order valence-electron chi connectivity index (χ4n) is 2.34. The predicted molar refractivity (Wildman–Crippen MR) is 85.8 cm³/mol. The van der Waals surface area contributed by atoms with Crippen LogP contribution in [0.1, 0.15) is 38.8 Å². The van der Waals surface area contributed by atoms with Gasteiger partial charge in [-0.3, -0.25) is 4.57 Å². The van der Waals surface area contributed by atoms with Crippen LogP contribution in [0, 0.1) is 0 Å². The van der Waals surface area contributed by atoms with E-state index in [1.165, 1.54) is 17.3 Å². The Bertz CT molecular complexity index is 635. The largest absolute Gasteiger partial charge is 0.343 e. The molecule has 0 aliphatic rings. The van der Waals surface area contributed by atoms with Gasteiger partial charge in [0.2, 0.25) is 0 Å². The molecule has 0 bridgehead atoms. The Morgan fingerprint density at radius 2 is 2.10 bits per heavy atom. The van der Waals surface area contributed by atoms with E-state index in [1.807, 2.05) is 13.0 Å². The topological polar surface area (TPSA) is 62.7 Å². The first-order valence-corrected chi connectivity index (χ1v) is 8.18. The van der Waals surface area contributed by atoms with Gasteiger partial charge in [0.25, 0.3) is 0 Å². The van der Waals surface area contributed by atoms with E-state index < -0.39 is 0 Å². The Morgan fingerprint density at radius 1 is 1.33 bits per heavy atom. The summed E-state index contributed by atoms with van der Waals surface area (Å²) in [6, 6.07) is 8.61. The molecule has 0 amide bonds. The van der Waals surface area contributed by atoms with Crippen molar-refractivity contribution in [2.24, 2.45) is 0 Å². The third kappa shape index (κ3) is 3.57. The summed E-state index contributed by atoms with van der Waals surface area (Å²) >= 11 is 1.54. The van der Waals surface area contributed by atoms with Crippen molar-refractivity contribution in [3.05, 3.63) is 40.3 Å². The Morgan fingerprint density at radius 3 is 2.76 bits per heavy atom. The molecule has 0 saturated carbocycles. The number of rotatable bonds is 7. The number of nitrogens with zero attached hydrogens (tertiary/aromatic N) is 2. The Kier molecular flexibility index (Phi) is 5.64. The average Bonchev–Trinajstić information content (AvgIpc) is 2.85. The number of H-pyrrole nitrogens is 1. The summed E-state index contributed by atoms with van der Waals surface area (Å²) in [5, 5.41) is 10.8. The van der Waals surface area contributed by atoms with Crippen LogP contribution < -0.4 is 11.0 Å². The molecule has 0 aliphatic carbocycles. The van der Waals surface area contributed by atoms with Crippen molar-refractivity contribution in [2.75, 3.05) is 6.54 Å². The van der Waals surface area contributed by atoms with Gasteiger partial charge in [0.1, 0.15) is 0 Å². The quantitative estimate of drug-likeness (QED) is 0.825. The summed E-state index contributed by atoms with van der Waals surface area (Å²) in [7, 11) is 0. The van der Waals surface area contributed by atoms with Crippen LogP contribution in [0.3, 0.4) is 0 Å². The lowest BCUT2D eigenvalue weighted by molar-refractivity contribution is 0.530. The molecule has 2 N–H and O–H groups in total. The van der Waals surface area contributed by atoms with Crippen LogP contribution in [0.15, 0.2) is 39.1 Å². The number of aromatic nitrogens is 3. The van der Waals surface area contributed by atoms with Crippen LogP contribution in [0.2, 0.25) is 0 Å². The monoisotopic (exact) mass is 306 g/mol. The molecule has 1 aromatic heterocycles. The molecule has 6 heteroatoms. The number of hydrogen-bond acceptors (Lipinski definition) is 4. The van der Waals surface area contributed by atoms with Crippen molar-refractivity contribution in [1.29, 1.82) is 0 Å². The molecule has 0 saturated heterocycles. The van der Waals surface area contributed by atoms with Gasteiger partial charge in [-0.15, -0.1) is 5.10 Å². The van der Waals surface area contributed by atoms with Crippen molar-refractivity contribution in [3.8, 4) is 0 Å². The summed E-state index contributed by atoms with van der Waals surface area (Å²) in [6.07, 6.45) is 1.02. The number of hydrogen-bond donors (Lipinski definition) is 2. The molecule has 1 unspecified atom stereocenters. The van der Waals surface area contributed by atoms with Gasteiger partial charge in [-0.25, -0.2) is 9.89 Å². The van der Waals surface area contributed by atoms with E-state index >= 15 is 0 Å². The highest BCUT2D eigenvalue weighted by Gasteiger charge is 2.15. The molecule has 0 aliphatic heterocycles. The van der Waals surface area contributed by atoms with E-state index in [1.54, 1.807) is 4.57 Å². The molecule has 1 atom stereocenters. The highest BCUT2D eigenvalue weighted by molar-refractivity contribution is 7.99. The lowest BCUT2D eigenvalue weighted by Gasteiger charge is -2.19. The highest BCUT2D eigenvalue weighted by Crippen LogP contribution is 2.32. The SMILES string of the molecule is CCNC(CC)c1ccccc1Sc1n[nH]c(=O)n1CC. The van der Waals surface area contributed by atoms with Crippen LogP contribution >= 0.6 is 11.8 Å². The summed E-state index contributed by atoms with van der Waals surface area (Å²) in [5.74, 6) is 0. The van der Waals surface area contributed by atoms with Crippen molar-refractivity contribution < 1.29 is 0 Å². The van der Waals surface area contributed by atoms with Gasteiger partial charge in [0.05, 0.1) is 0 Å². The van der Waals surface area contributed by atoms with Crippen LogP contribution in [0.5, 0.6) is 0 Å². The molecule has 21 heavy (non-hydrogen) atoms. The fourth-order valence-corrected chi connectivity index (χ4v) is 3.43. The predicted octanol–water partition coefficient (Wildman–Crippen LogP) is 2.80. The minimum Gasteiger partial charge on any atom is -0.310 e. The smallest absolute Gasteiger partial charge is 0.310 e. The van der Waals surface area contributed by atoms with Gasteiger partial charge < -0.3 is 5.32 Å². The summed E-state index contributed by atoms with van der Waals surface area (Å²) in [5.41, 5.74) is 1.10. The van der Waals surface area contributed by atoms with E-state index in [9.17, 15) is 4.79 Å². The number of benzene rings is 1. The molecule has 1 heterocycles. The molecule has 2 aromatic rings. The van der Waals surface area contributed by atoms with E-state index in [4.69, 9.17) is 0 Å². The Labute approximate surface area is 129 Å². The number of aromatic amines is 1. The second-order valence-electron chi connectivity index (χ2n) is 4.71. The van der Waals surface area contributed by atoms with Crippen LogP contribution in [0.25, 0.3) is 0 Å². The molecule has 2 rings (SSSR count). The minimum absolute atomic E-state index is 0.156. The molecule has 114 valence electrons. The zero-order chi connectivity index (χ0) is 15.2. The molecule has 0 radical (unpaired) electrons. The molecule has 5 nitrogen and oxygen atoms in total. The zero-order valence-electron chi connectivity index (χ0n) is 12.7. The van der Waals surface area contributed by atoms with E-state index in [0.29, 0.717) is 17.7 Å². The van der Waals surface area contributed by atoms with Gasteiger partial charge in [-0.2, -0.15) is 0 Å². The maximum atomic E-state index is 11.7. The van der Waals surface area contributed by atoms with Gasteiger partial charge in [0.15, 0.2) is 5.16 Å². The van der Waals surface area contributed by atoms with Gasteiger partial charge in [0, 0.05) is 17.5 Å². The Hall–Kier alpha value is -1.53. The molecule has 0 spiro atoms. The van der Waals surface area contributed by atoms with Crippen molar-refractivity contribution in [1.82, 2.24) is 20.1 Å². The minimum atomic E-state index is -0.156. The lowest BCUT2D eigenvalue weighted by Crippen LogP contribution is -2.20. The first kappa shape index (κ1) is 15.9. The van der Waals surface area contributed by atoms with Crippen LogP contribution in [-0.2, 0) is 6.54 Å². The summed E-state index contributed by atoms with van der Waals surface area (Å²) < 4.78 is 1.65. The van der Waals surface area contributed by atoms with Crippen LogP contribution in [-0.4, -0.2) is 21.3 Å². The zero-order valence-corrected chi connectivity index (χ0v) is 13.5.